The molecule has 2 aliphatic heterocycles. The maximum Gasteiger partial charge on any atom is 0.419 e. The number of rotatable bonds is 7. The number of hydrogen-bond donors (Lipinski definition) is 3. The molecule has 2 saturated carbocycles. The SMILES string of the molecule is CC1(S(=O)(=O)NC(=O)[C@@]23C[C@@H]2/C=C\CCCCC[C@H](Nc2ccc(F)c(C(F)(F)F)c2)C(=O)N2C[C@H](Oc4nc5ccccc5o4)C[C@H]2C(=O)N3)CC1. The topological polar surface area (TPSA) is 160 Å². The second kappa shape index (κ2) is 13.6. The third-order valence-corrected chi connectivity index (χ3v) is 12.8. The molecule has 3 amide bonds. The van der Waals surface area contributed by atoms with Gasteiger partial charge in [0.1, 0.15) is 35.1 Å². The minimum absolute atomic E-state index is 0.0770. The van der Waals surface area contributed by atoms with Crippen LogP contribution in [0.1, 0.15) is 70.3 Å². The Hall–Kier alpha value is -4.67. The van der Waals surface area contributed by atoms with Gasteiger partial charge >= 0.3 is 12.3 Å². The normalized spacial score (nSPS) is 28.1. The van der Waals surface area contributed by atoms with Crippen molar-refractivity contribution < 1.29 is 49.5 Å². The molecular formula is C36H39F4N5O7S. The van der Waals surface area contributed by atoms with Crippen LogP contribution in [0.25, 0.3) is 11.1 Å². The van der Waals surface area contributed by atoms with Gasteiger partial charge in [-0.2, -0.15) is 18.2 Å². The Balaban J connectivity index is 1.20. The molecule has 17 heteroatoms. The molecule has 1 saturated heterocycles. The summed E-state index contributed by atoms with van der Waals surface area (Å²) in [6.45, 7) is 1.39. The summed E-state index contributed by atoms with van der Waals surface area (Å²) in [5.74, 6) is -4.21. The summed E-state index contributed by atoms with van der Waals surface area (Å²) in [6, 6.07) is 6.93. The lowest BCUT2D eigenvalue weighted by Gasteiger charge is -2.30. The van der Waals surface area contributed by atoms with Gasteiger partial charge in [0.25, 0.3) is 5.91 Å². The number of carbonyl (C=O) groups excluding carboxylic acids is 3. The molecule has 0 spiro atoms. The van der Waals surface area contributed by atoms with E-state index in [0.717, 1.165) is 6.07 Å². The van der Waals surface area contributed by atoms with Crippen molar-refractivity contribution in [2.45, 2.75) is 99.4 Å². The van der Waals surface area contributed by atoms with Crippen molar-refractivity contribution in [2.75, 3.05) is 11.9 Å². The van der Waals surface area contributed by atoms with Crippen LogP contribution in [0.2, 0.25) is 0 Å². The lowest BCUT2D eigenvalue weighted by Crippen LogP contribution is -2.58. The molecule has 53 heavy (non-hydrogen) atoms. The summed E-state index contributed by atoms with van der Waals surface area (Å²) < 4.78 is 93.9. The number of oxazole rings is 1. The highest BCUT2D eigenvalue weighted by Gasteiger charge is 2.63. The van der Waals surface area contributed by atoms with Crippen molar-refractivity contribution in [1.29, 1.82) is 0 Å². The molecule has 12 nitrogen and oxygen atoms in total. The summed E-state index contributed by atoms with van der Waals surface area (Å²) in [5, 5.41) is 5.64. The second-order valence-corrected chi connectivity index (χ2v) is 16.7. The van der Waals surface area contributed by atoms with E-state index in [4.69, 9.17) is 9.15 Å². The van der Waals surface area contributed by atoms with E-state index in [2.05, 4.69) is 20.3 Å². The lowest BCUT2D eigenvalue weighted by atomic mass is 10.0. The number of fused-ring (bicyclic) bond motifs is 3. The monoisotopic (exact) mass is 761 g/mol. The molecule has 3 aromatic rings. The predicted octanol–water partition coefficient (Wildman–Crippen LogP) is 5.21. The van der Waals surface area contributed by atoms with Gasteiger partial charge < -0.3 is 24.7 Å². The van der Waals surface area contributed by atoms with E-state index in [1.165, 1.54) is 4.90 Å². The van der Waals surface area contributed by atoms with Crippen LogP contribution in [0.3, 0.4) is 0 Å². The zero-order chi connectivity index (χ0) is 37.8. The van der Waals surface area contributed by atoms with Crippen LogP contribution >= 0.6 is 0 Å². The Bertz CT molecular complexity index is 2030. The van der Waals surface area contributed by atoms with Gasteiger partial charge in [-0.25, -0.2) is 12.8 Å². The number of nitrogens with one attached hydrogen (secondary N) is 3. The number of allylic oxidation sites excluding steroid dienone is 1. The molecule has 0 unspecified atom stereocenters. The fraction of sp³-hybridized carbons (Fsp3) is 0.500. The smallest absolute Gasteiger partial charge is 0.419 e. The van der Waals surface area contributed by atoms with E-state index in [1.54, 1.807) is 37.3 Å². The highest BCUT2D eigenvalue weighted by atomic mass is 32.2. The second-order valence-electron chi connectivity index (χ2n) is 14.5. The van der Waals surface area contributed by atoms with Crippen LogP contribution in [-0.4, -0.2) is 71.0 Å². The van der Waals surface area contributed by atoms with Gasteiger partial charge in [-0.1, -0.05) is 37.1 Å². The highest BCUT2D eigenvalue weighted by molar-refractivity contribution is 7.91. The van der Waals surface area contributed by atoms with Crippen LogP contribution < -0.4 is 20.1 Å². The van der Waals surface area contributed by atoms with Crippen LogP contribution in [0.4, 0.5) is 23.2 Å². The number of ether oxygens (including phenoxy) is 1. The molecule has 3 heterocycles. The summed E-state index contributed by atoms with van der Waals surface area (Å²) in [6.07, 6.45) is 1.17. The Kier molecular flexibility index (Phi) is 9.43. The van der Waals surface area contributed by atoms with Crippen LogP contribution in [0.15, 0.2) is 59.0 Å². The lowest BCUT2D eigenvalue weighted by molar-refractivity contribution is -0.140. The number of alkyl halides is 3. The van der Waals surface area contributed by atoms with E-state index in [0.29, 0.717) is 61.8 Å². The average molecular weight is 762 g/mol. The van der Waals surface area contributed by atoms with E-state index in [-0.39, 0.29) is 37.6 Å². The van der Waals surface area contributed by atoms with Crippen molar-refractivity contribution in [3.05, 3.63) is 66.0 Å². The van der Waals surface area contributed by atoms with Crippen LogP contribution in [-0.2, 0) is 30.6 Å². The van der Waals surface area contributed by atoms with Crippen LogP contribution in [0, 0.1) is 11.7 Å². The molecule has 0 radical (unpaired) electrons. The average Bonchev–Trinajstić information content (AvgIpc) is 3.91. The zero-order valence-corrected chi connectivity index (χ0v) is 29.6. The number of hydrogen-bond acceptors (Lipinski definition) is 9. The maximum atomic E-state index is 14.4. The van der Waals surface area contributed by atoms with Gasteiger partial charge in [-0.05, 0) is 75.8 Å². The molecule has 3 N–H and O–H groups in total. The molecule has 4 aliphatic rings. The quantitative estimate of drug-likeness (QED) is 0.217. The van der Waals surface area contributed by atoms with Crippen molar-refractivity contribution in [3.63, 3.8) is 0 Å². The van der Waals surface area contributed by atoms with Gasteiger partial charge in [0, 0.05) is 18.0 Å². The van der Waals surface area contributed by atoms with Gasteiger partial charge in [0.2, 0.25) is 21.8 Å². The Morgan fingerprint density at radius 2 is 1.89 bits per heavy atom. The minimum atomic E-state index is -4.98. The summed E-state index contributed by atoms with van der Waals surface area (Å²) in [4.78, 5) is 48.0. The first kappa shape index (κ1) is 36.7. The number of para-hydroxylation sites is 2. The Labute approximate surface area is 302 Å². The molecule has 5 atom stereocenters. The third-order valence-electron chi connectivity index (χ3n) is 10.6. The maximum absolute atomic E-state index is 14.4. The summed E-state index contributed by atoms with van der Waals surface area (Å²) in [5.41, 5.74) is -2.27. The molecule has 1 aromatic heterocycles. The third kappa shape index (κ3) is 7.44. The molecule has 7 rings (SSSR count). The molecular weight excluding hydrogens is 722 g/mol. The van der Waals surface area contributed by atoms with Gasteiger partial charge in [0.05, 0.1) is 16.9 Å². The minimum Gasteiger partial charge on any atom is -0.445 e. The largest absolute Gasteiger partial charge is 0.445 e. The number of anilines is 1. The number of nitrogens with zero attached hydrogens (tertiary/aromatic N) is 2. The van der Waals surface area contributed by atoms with E-state index < -0.39 is 79.7 Å². The standard InChI is InChI=1S/C36H39F4N5O7S/c1-34(15-16-34)53(49,50)44-32(48)35-19-21(35)9-5-3-2-4-6-11-27(41-22-13-14-25(37)24(17-22)36(38,39)40)31(47)45-20-23(18-28(45)30(46)43-35)51-33-42-26-10-7-8-12-29(26)52-33/h5,7-10,12-14,17,21,23,27-28,41H,2-4,6,11,15-16,18-20H2,1H3,(H,43,46)(H,44,48)/b9-5-/t21-,23+,27-,28-,35+/m0/s1. The Morgan fingerprint density at radius 1 is 1.11 bits per heavy atom. The van der Waals surface area contributed by atoms with Crippen molar-refractivity contribution >= 4 is 44.5 Å². The number of aromatic nitrogens is 1. The Morgan fingerprint density at radius 3 is 2.62 bits per heavy atom. The van der Waals surface area contributed by atoms with E-state index >= 15 is 0 Å². The fourth-order valence-electron chi connectivity index (χ4n) is 7.02. The van der Waals surface area contributed by atoms with Crippen LogP contribution in [0.5, 0.6) is 6.08 Å². The summed E-state index contributed by atoms with van der Waals surface area (Å²) >= 11 is 0. The number of halogens is 4. The number of sulfonamides is 1. The number of benzene rings is 2. The van der Waals surface area contributed by atoms with Gasteiger partial charge in [0.15, 0.2) is 5.58 Å². The first-order chi connectivity index (χ1) is 25.1. The van der Waals surface area contributed by atoms with E-state index in [9.17, 15) is 40.4 Å². The molecule has 2 aromatic carbocycles. The van der Waals surface area contributed by atoms with Gasteiger partial charge in [-0.3, -0.25) is 19.1 Å². The van der Waals surface area contributed by atoms with Crippen molar-refractivity contribution in [1.82, 2.24) is 19.9 Å². The molecule has 0 bridgehead atoms. The van der Waals surface area contributed by atoms with Crippen molar-refractivity contribution in [3.8, 4) is 6.08 Å². The highest BCUT2D eigenvalue weighted by Crippen LogP contribution is 2.47. The predicted molar refractivity (Wildman–Crippen MR) is 183 cm³/mol. The number of amides is 3. The zero-order valence-electron chi connectivity index (χ0n) is 28.7. The molecule has 3 fully saturated rings. The first-order valence-electron chi connectivity index (χ1n) is 17.6. The van der Waals surface area contributed by atoms with Crippen molar-refractivity contribution in [2.24, 2.45) is 5.92 Å². The van der Waals surface area contributed by atoms with Gasteiger partial charge in [-0.15, -0.1) is 0 Å². The number of carbonyl (C=O) groups is 3. The fourth-order valence-corrected chi connectivity index (χ4v) is 8.34. The first-order valence-corrected chi connectivity index (χ1v) is 19.1. The molecule has 2 aliphatic carbocycles. The van der Waals surface area contributed by atoms with E-state index in [1.807, 2.05) is 6.08 Å². The molecule has 284 valence electrons. The summed E-state index contributed by atoms with van der Waals surface area (Å²) in [7, 11) is -4.04.